The van der Waals surface area contributed by atoms with Crippen molar-refractivity contribution in [1.29, 1.82) is 0 Å². The van der Waals surface area contributed by atoms with Gasteiger partial charge in [0.25, 0.3) is 0 Å². The molecule has 8 nitrogen and oxygen atoms in total. The number of hydrogen-bond acceptors (Lipinski definition) is 7. The Kier molecular flexibility index (Phi) is 3.81. The van der Waals surface area contributed by atoms with E-state index < -0.39 is 0 Å². The summed E-state index contributed by atoms with van der Waals surface area (Å²) >= 11 is 8.21. The summed E-state index contributed by atoms with van der Waals surface area (Å²) in [7, 11) is 0. The van der Waals surface area contributed by atoms with Gasteiger partial charge < -0.3 is 10.7 Å². The summed E-state index contributed by atoms with van der Waals surface area (Å²) in [4.78, 5) is 11.9. The second-order valence-corrected chi connectivity index (χ2v) is 7.87. The number of H-pyrrole nitrogens is 1. The molecule has 0 aliphatic carbocycles. The highest BCUT2D eigenvalue weighted by Gasteiger charge is 2.22. The molecule has 3 N–H and O–H groups in total. The van der Waals surface area contributed by atoms with Crippen LogP contribution in [0.15, 0.2) is 30.0 Å². The number of nitrogens with one attached hydrogen (secondary N) is 1. The number of fused-ring (bicyclic) bond motifs is 2. The van der Waals surface area contributed by atoms with Crippen LogP contribution in [-0.4, -0.2) is 34.9 Å². The number of nitrogens with two attached hydrogens (primary N) is 1. The second-order valence-electron chi connectivity index (χ2n) is 6.66. The van der Waals surface area contributed by atoms with E-state index in [1.807, 2.05) is 36.7 Å². The van der Waals surface area contributed by atoms with Crippen LogP contribution in [0.3, 0.4) is 0 Å². The van der Waals surface area contributed by atoms with Crippen LogP contribution in [0, 0.1) is 0 Å². The maximum Gasteiger partial charge on any atom is 0.164 e. The van der Waals surface area contributed by atoms with Crippen molar-refractivity contribution < 1.29 is 0 Å². The van der Waals surface area contributed by atoms with Crippen LogP contribution in [0.2, 0.25) is 5.02 Å². The molecule has 4 aromatic heterocycles. The van der Waals surface area contributed by atoms with Crippen molar-refractivity contribution in [3.8, 4) is 22.0 Å². The number of nitrogens with zero attached hydrogens (tertiary/aromatic N) is 6. The Bertz CT molecular complexity index is 1320. The molecule has 28 heavy (non-hydrogen) atoms. The van der Waals surface area contributed by atoms with Gasteiger partial charge in [-0.05, 0) is 19.9 Å². The standard InChI is InChI=1S/C18H15ClN8S/c1-8(2)27-17-12(16(20)21-6-22-17)14(26-27)15-13(19)10-4-3-9(5-11(10)24-15)18-25-23-7-28-18/h3-8,24H,1-2H3,(H2,20,21,22). The van der Waals surface area contributed by atoms with E-state index in [0.29, 0.717) is 33.3 Å². The molecule has 0 aliphatic heterocycles. The quantitative estimate of drug-likeness (QED) is 0.458. The lowest BCUT2D eigenvalue weighted by Gasteiger charge is -2.05. The first-order valence-corrected chi connectivity index (χ1v) is 9.87. The number of aromatic amines is 1. The zero-order chi connectivity index (χ0) is 19.4. The minimum absolute atomic E-state index is 0.109. The van der Waals surface area contributed by atoms with Gasteiger partial charge in [0, 0.05) is 22.5 Å². The molecule has 1 aromatic carbocycles. The zero-order valence-corrected chi connectivity index (χ0v) is 16.6. The second kappa shape index (κ2) is 6.25. The van der Waals surface area contributed by atoms with Crippen molar-refractivity contribution in [1.82, 2.24) is 34.9 Å². The molecule has 4 heterocycles. The molecule has 0 saturated heterocycles. The van der Waals surface area contributed by atoms with Crippen molar-refractivity contribution >= 4 is 50.7 Å². The SMILES string of the molecule is CC(C)n1nc(-c2[nH]c3cc(-c4nncs4)ccc3c2Cl)c2c(N)ncnc21. The Morgan fingerprint density at radius 2 is 2.11 bits per heavy atom. The van der Waals surface area contributed by atoms with Crippen LogP contribution in [0.25, 0.3) is 43.9 Å². The van der Waals surface area contributed by atoms with Crippen molar-refractivity contribution in [2.45, 2.75) is 19.9 Å². The highest BCUT2D eigenvalue weighted by Crippen LogP contribution is 2.39. The van der Waals surface area contributed by atoms with Crippen LogP contribution in [0.5, 0.6) is 0 Å². The summed E-state index contributed by atoms with van der Waals surface area (Å²) in [5, 5.41) is 15.8. The topological polar surface area (TPSA) is 111 Å². The lowest BCUT2D eigenvalue weighted by molar-refractivity contribution is 0.547. The maximum atomic E-state index is 6.72. The minimum atomic E-state index is 0.109. The molecule has 0 atom stereocenters. The molecular formula is C18H15ClN8S. The van der Waals surface area contributed by atoms with Crippen LogP contribution in [0.4, 0.5) is 5.82 Å². The van der Waals surface area contributed by atoms with E-state index in [-0.39, 0.29) is 6.04 Å². The van der Waals surface area contributed by atoms with E-state index >= 15 is 0 Å². The predicted molar refractivity (Wildman–Crippen MR) is 111 cm³/mol. The van der Waals surface area contributed by atoms with Crippen molar-refractivity contribution in [2.75, 3.05) is 5.73 Å². The van der Waals surface area contributed by atoms with E-state index in [9.17, 15) is 0 Å². The average molecular weight is 411 g/mol. The third kappa shape index (κ3) is 2.47. The molecule has 0 amide bonds. The Morgan fingerprint density at radius 1 is 1.25 bits per heavy atom. The summed E-state index contributed by atoms with van der Waals surface area (Å²) in [6, 6.07) is 6.06. The van der Waals surface area contributed by atoms with Gasteiger partial charge in [0.2, 0.25) is 0 Å². The first-order chi connectivity index (χ1) is 13.5. The molecule has 0 radical (unpaired) electrons. The zero-order valence-electron chi connectivity index (χ0n) is 15.0. The van der Waals surface area contributed by atoms with Gasteiger partial charge in [-0.25, -0.2) is 14.6 Å². The van der Waals surface area contributed by atoms with Crippen molar-refractivity contribution in [3.63, 3.8) is 0 Å². The summed E-state index contributed by atoms with van der Waals surface area (Å²) in [6.45, 7) is 4.07. The Hall–Kier alpha value is -3.04. The molecule has 5 aromatic rings. The fraction of sp³-hybridized carbons (Fsp3) is 0.167. The van der Waals surface area contributed by atoms with Gasteiger partial charge >= 0.3 is 0 Å². The molecule has 10 heteroatoms. The summed E-state index contributed by atoms with van der Waals surface area (Å²) in [6.07, 6.45) is 1.45. The summed E-state index contributed by atoms with van der Waals surface area (Å²) in [5.41, 5.74) is 11.7. The van der Waals surface area contributed by atoms with Crippen LogP contribution in [0.1, 0.15) is 19.9 Å². The number of nitrogen functional groups attached to an aromatic ring is 1. The molecule has 0 aliphatic rings. The third-order valence-corrected chi connectivity index (χ3v) is 5.72. The van der Waals surface area contributed by atoms with E-state index in [4.69, 9.17) is 22.4 Å². The number of halogens is 1. The van der Waals surface area contributed by atoms with Gasteiger partial charge in [-0.15, -0.1) is 10.2 Å². The molecule has 0 unspecified atom stereocenters. The van der Waals surface area contributed by atoms with E-state index in [1.165, 1.54) is 17.7 Å². The smallest absolute Gasteiger partial charge is 0.164 e. The molecule has 0 fully saturated rings. The number of rotatable bonds is 3. The van der Waals surface area contributed by atoms with Crippen molar-refractivity contribution in [2.24, 2.45) is 0 Å². The number of anilines is 1. The van der Waals surface area contributed by atoms with Crippen LogP contribution < -0.4 is 5.73 Å². The van der Waals surface area contributed by atoms with Gasteiger partial charge in [-0.3, -0.25) is 0 Å². The summed E-state index contributed by atoms with van der Waals surface area (Å²) in [5.74, 6) is 0.371. The van der Waals surface area contributed by atoms with Gasteiger partial charge in [-0.2, -0.15) is 5.10 Å². The lowest BCUT2D eigenvalue weighted by Crippen LogP contribution is -2.04. The largest absolute Gasteiger partial charge is 0.383 e. The van der Waals surface area contributed by atoms with Gasteiger partial charge in [0.1, 0.15) is 28.4 Å². The van der Waals surface area contributed by atoms with Crippen LogP contribution in [-0.2, 0) is 0 Å². The first kappa shape index (κ1) is 17.1. The lowest BCUT2D eigenvalue weighted by atomic mass is 10.1. The maximum absolute atomic E-state index is 6.72. The molecule has 0 saturated carbocycles. The van der Waals surface area contributed by atoms with E-state index in [2.05, 4.69) is 25.1 Å². The number of hydrogen-bond donors (Lipinski definition) is 2. The highest BCUT2D eigenvalue weighted by atomic mass is 35.5. The van der Waals surface area contributed by atoms with Gasteiger partial charge in [0.15, 0.2) is 5.65 Å². The molecule has 140 valence electrons. The molecule has 5 rings (SSSR count). The van der Waals surface area contributed by atoms with Crippen molar-refractivity contribution in [3.05, 3.63) is 35.1 Å². The Morgan fingerprint density at radius 3 is 2.86 bits per heavy atom. The van der Waals surface area contributed by atoms with Crippen LogP contribution >= 0.6 is 22.9 Å². The third-order valence-electron chi connectivity index (χ3n) is 4.59. The fourth-order valence-corrected chi connectivity index (χ4v) is 4.14. The minimum Gasteiger partial charge on any atom is -0.383 e. The average Bonchev–Trinajstić information content (AvgIpc) is 3.39. The first-order valence-electron chi connectivity index (χ1n) is 8.61. The summed E-state index contributed by atoms with van der Waals surface area (Å²) < 4.78 is 1.83. The number of benzene rings is 1. The fourth-order valence-electron chi connectivity index (χ4n) is 3.29. The molecule has 0 spiro atoms. The van der Waals surface area contributed by atoms with Gasteiger partial charge in [-0.1, -0.05) is 35.1 Å². The predicted octanol–water partition coefficient (Wildman–Crippen LogP) is 4.31. The van der Waals surface area contributed by atoms with E-state index in [1.54, 1.807) is 5.51 Å². The van der Waals surface area contributed by atoms with E-state index in [0.717, 1.165) is 21.5 Å². The highest BCUT2D eigenvalue weighted by molar-refractivity contribution is 7.12. The Labute approximate surface area is 168 Å². The van der Waals surface area contributed by atoms with Gasteiger partial charge in [0.05, 0.1) is 16.1 Å². The monoisotopic (exact) mass is 410 g/mol. The number of aromatic nitrogens is 7. The molecule has 0 bridgehead atoms. The molecular weight excluding hydrogens is 396 g/mol. The normalized spacial score (nSPS) is 11.9. The Balaban J connectivity index is 1.77.